The standard InChI is InChI=1S/C16H22O5Si/c1-19-13-9-11-10-21-16(18)14(11)15(12(13)5-6-17)20-7-8-22(2,3)4/h6,9H,5,7-8,10H2,1-4H3. The molecule has 0 saturated heterocycles. The summed E-state index contributed by atoms with van der Waals surface area (Å²) in [6.07, 6.45) is 0.932. The molecule has 1 aromatic carbocycles. The van der Waals surface area contributed by atoms with Crippen LogP contribution in [0.5, 0.6) is 11.5 Å². The molecule has 0 spiro atoms. The molecule has 0 aromatic heterocycles. The molecule has 0 aliphatic carbocycles. The largest absolute Gasteiger partial charge is 0.496 e. The SMILES string of the molecule is COc1cc2c(c(OCC[Si](C)(C)C)c1CC=O)C(=O)OC2. The topological polar surface area (TPSA) is 61.8 Å². The Bertz CT molecular complexity index is 589. The number of esters is 1. The van der Waals surface area contributed by atoms with Gasteiger partial charge in [0, 0.05) is 25.6 Å². The Morgan fingerprint density at radius 2 is 2.09 bits per heavy atom. The first-order chi connectivity index (χ1) is 10.4. The zero-order chi connectivity index (χ0) is 16.3. The highest BCUT2D eigenvalue weighted by atomic mass is 28.3. The van der Waals surface area contributed by atoms with Crippen molar-refractivity contribution < 1.29 is 23.8 Å². The summed E-state index contributed by atoms with van der Waals surface area (Å²) in [7, 11) is 0.288. The van der Waals surface area contributed by atoms with E-state index in [2.05, 4.69) is 19.6 Å². The van der Waals surface area contributed by atoms with Gasteiger partial charge in [-0.25, -0.2) is 4.79 Å². The van der Waals surface area contributed by atoms with E-state index >= 15 is 0 Å². The lowest BCUT2D eigenvalue weighted by atomic mass is 10.0. The van der Waals surface area contributed by atoms with E-state index in [-0.39, 0.29) is 13.0 Å². The fourth-order valence-corrected chi connectivity index (χ4v) is 3.07. The summed E-state index contributed by atoms with van der Waals surface area (Å²) in [5.41, 5.74) is 1.80. The highest BCUT2D eigenvalue weighted by Crippen LogP contribution is 2.39. The molecule has 0 fully saturated rings. The highest BCUT2D eigenvalue weighted by Gasteiger charge is 2.30. The first-order valence-corrected chi connectivity index (χ1v) is 11.0. The van der Waals surface area contributed by atoms with Gasteiger partial charge in [0.2, 0.25) is 0 Å². The van der Waals surface area contributed by atoms with Crippen molar-refractivity contribution in [1.29, 1.82) is 0 Å². The molecule has 120 valence electrons. The summed E-state index contributed by atoms with van der Waals surface area (Å²) < 4.78 is 16.4. The zero-order valence-corrected chi connectivity index (χ0v) is 14.5. The van der Waals surface area contributed by atoms with Crippen LogP contribution in [-0.4, -0.2) is 34.0 Å². The first kappa shape index (κ1) is 16.5. The maximum Gasteiger partial charge on any atom is 0.342 e. The van der Waals surface area contributed by atoms with Crippen molar-refractivity contribution in [2.24, 2.45) is 0 Å². The van der Waals surface area contributed by atoms with Gasteiger partial charge in [0.1, 0.15) is 30.0 Å². The minimum atomic E-state index is -1.25. The second-order valence-corrected chi connectivity index (χ2v) is 12.1. The number of hydrogen-bond acceptors (Lipinski definition) is 5. The van der Waals surface area contributed by atoms with Crippen LogP contribution in [0.1, 0.15) is 21.5 Å². The van der Waals surface area contributed by atoms with Gasteiger partial charge >= 0.3 is 5.97 Å². The molecule has 22 heavy (non-hydrogen) atoms. The zero-order valence-electron chi connectivity index (χ0n) is 13.5. The fourth-order valence-electron chi connectivity index (χ4n) is 2.36. The monoisotopic (exact) mass is 322 g/mol. The van der Waals surface area contributed by atoms with E-state index < -0.39 is 14.0 Å². The number of methoxy groups -OCH3 is 1. The minimum Gasteiger partial charge on any atom is -0.496 e. The summed E-state index contributed by atoms with van der Waals surface area (Å²) in [5.74, 6) is 0.613. The van der Waals surface area contributed by atoms with Gasteiger partial charge in [0.15, 0.2) is 0 Å². The van der Waals surface area contributed by atoms with Crippen molar-refractivity contribution in [1.82, 2.24) is 0 Å². The van der Waals surface area contributed by atoms with Crippen LogP contribution in [0.4, 0.5) is 0 Å². The smallest absolute Gasteiger partial charge is 0.342 e. The Balaban J connectivity index is 2.41. The summed E-state index contributed by atoms with van der Waals surface area (Å²) in [4.78, 5) is 23.0. The molecule has 0 atom stereocenters. The Kier molecular flexibility index (Phi) is 4.90. The van der Waals surface area contributed by atoms with Crippen LogP contribution >= 0.6 is 0 Å². The van der Waals surface area contributed by atoms with Crippen molar-refractivity contribution >= 4 is 20.3 Å². The maximum absolute atomic E-state index is 12.0. The molecule has 0 bridgehead atoms. The van der Waals surface area contributed by atoms with Gasteiger partial charge in [-0.3, -0.25) is 0 Å². The lowest BCUT2D eigenvalue weighted by molar-refractivity contribution is -0.107. The van der Waals surface area contributed by atoms with Gasteiger partial charge in [-0.05, 0) is 12.1 Å². The number of aldehydes is 1. The van der Waals surface area contributed by atoms with E-state index in [4.69, 9.17) is 14.2 Å². The third kappa shape index (κ3) is 3.49. The molecule has 1 aromatic rings. The van der Waals surface area contributed by atoms with Gasteiger partial charge in [0.05, 0.1) is 13.7 Å². The Hall–Kier alpha value is -1.82. The Labute approximate surface area is 131 Å². The van der Waals surface area contributed by atoms with Crippen LogP contribution in [0.25, 0.3) is 0 Å². The minimum absolute atomic E-state index is 0.145. The molecule has 2 rings (SSSR count). The van der Waals surface area contributed by atoms with Gasteiger partial charge < -0.3 is 19.0 Å². The summed E-state index contributed by atoms with van der Waals surface area (Å²) in [6, 6.07) is 2.72. The highest BCUT2D eigenvalue weighted by molar-refractivity contribution is 6.76. The van der Waals surface area contributed by atoms with Crippen molar-refractivity contribution in [3.05, 3.63) is 22.8 Å². The molecule has 1 heterocycles. The maximum atomic E-state index is 12.0. The molecule has 1 aliphatic rings. The van der Waals surface area contributed by atoms with E-state index in [9.17, 15) is 9.59 Å². The van der Waals surface area contributed by atoms with Gasteiger partial charge in [-0.1, -0.05) is 19.6 Å². The molecular formula is C16H22O5Si. The molecule has 5 nitrogen and oxygen atoms in total. The molecule has 0 unspecified atom stereocenters. The Morgan fingerprint density at radius 3 is 2.68 bits per heavy atom. The molecule has 0 radical (unpaired) electrons. The van der Waals surface area contributed by atoms with Crippen LogP contribution in [0, 0.1) is 0 Å². The molecule has 0 N–H and O–H groups in total. The number of benzene rings is 1. The van der Waals surface area contributed by atoms with E-state index in [1.54, 1.807) is 13.2 Å². The van der Waals surface area contributed by atoms with Gasteiger partial charge in [-0.15, -0.1) is 0 Å². The lowest BCUT2D eigenvalue weighted by Gasteiger charge is -2.19. The lowest BCUT2D eigenvalue weighted by Crippen LogP contribution is -2.23. The molecule has 0 saturated carbocycles. The molecular weight excluding hydrogens is 300 g/mol. The van der Waals surface area contributed by atoms with Gasteiger partial charge in [0.25, 0.3) is 0 Å². The molecule has 1 aliphatic heterocycles. The second kappa shape index (κ2) is 6.52. The summed E-state index contributed by atoms with van der Waals surface area (Å²) in [6.45, 7) is 7.51. The van der Waals surface area contributed by atoms with Crippen LogP contribution in [-0.2, 0) is 22.6 Å². The Morgan fingerprint density at radius 1 is 1.36 bits per heavy atom. The third-order valence-electron chi connectivity index (χ3n) is 3.59. The van der Waals surface area contributed by atoms with Crippen molar-refractivity contribution in [3.8, 4) is 11.5 Å². The normalized spacial score (nSPS) is 13.5. The number of hydrogen-bond donors (Lipinski definition) is 0. The third-order valence-corrected chi connectivity index (χ3v) is 5.30. The van der Waals surface area contributed by atoms with Crippen LogP contribution in [0.15, 0.2) is 6.07 Å². The predicted molar refractivity (Wildman–Crippen MR) is 85.5 cm³/mol. The number of rotatable bonds is 7. The van der Waals surface area contributed by atoms with E-state index in [1.165, 1.54) is 0 Å². The summed E-state index contributed by atoms with van der Waals surface area (Å²) >= 11 is 0. The first-order valence-electron chi connectivity index (χ1n) is 7.33. The van der Waals surface area contributed by atoms with Crippen LogP contribution in [0.2, 0.25) is 25.7 Å². The van der Waals surface area contributed by atoms with E-state index in [0.717, 1.165) is 17.9 Å². The average Bonchev–Trinajstić information content (AvgIpc) is 2.80. The summed E-state index contributed by atoms with van der Waals surface area (Å²) in [5, 5.41) is 0. The van der Waals surface area contributed by atoms with Crippen LogP contribution < -0.4 is 9.47 Å². The van der Waals surface area contributed by atoms with E-state index in [1.807, 2.05) is 0 Å². The molecule has 0 amide bonds. The predicted octanol–water partition coefficient (Wildman–Crippen LogP) is 2.82. The number of carbonyl (C=O) groups is 2. The van der Waals surface area contributed by atoms with Crippen LogP contribution in [0.3, 0.4) is 0 Å². The van der Waals surface area contributed by atoms with Crippen molar-refractivity contribution in [2.75, 3.05) is 13.7 Å². The number of carbonyl (C=O) groups excluding carboxylic acids is 2. The number of fused-ring (bicyclic) bond motifs is 1. The molecule has 6 heteroatoms. The number of cyclic esters (lactones) is 1. The fraction of sp³-hybridized carbons (Fsp3) is 0.500. The quantitative estimate of drug-likeness (QED) is 0.439. The number of ether oxygens (including phenoxy) is 3. The van der Waals surface area contributed by atoms with E-state index in [0.29, 0.717) is 29.2 Å². The van der Waals surface area contributed by atoms with Crippen molar-refractivity contribution in [2.45, 2.75) is 38.7 Å². The van der Waals surface area contributed by atoms with Gasteiger partial charge in [-0.2, -0.15) is 0 Å². The van der Waals surface area contributed by atoms with Crippen molar-refractivity contribution in [3.63, 3.8) is 0 Å². The average molecular weight is 322 g/mol. The second-order valence-electron chi connectivity index (χ2n) is 6.53.